The lowest BCUT2D eigenvalue weighted by molar-refractivity contribution is 0.129. The third-order valence-corrected chi connectivity index (χ3v) is 3.89. The molecule has 1 atom stereocenters. The molecule has 116 valence electrons. The minimum atomic E-state index is -0.0314. The molecule has 2 N–H and O–H groups in total. The summed E-state index contributed by atoms with van der Waals surface area (Å²) in [6.07, 6.45) is 2.75. The number of rotatable bonds is 5. The summed E-state index contributed by atoms with van der Waals surface area (Å²) >= 11 is 0. The number of nitrogens with zero attached hydrogens (tertiary/aromatic N) is 1. The molecule has 0 aromatic heterocycles. The van der Waals surface area contributed by atoms with Crippen LogP contribution >= 0.6 is 0 Å². The lowest BCUT2D eigenvalue weighted by Crippen LogP contribution is -2.46. The lowest BCUT2D eigenvalue weighted by Gasteiger charge is -2.31. The van der Waals surface area contributed by atoms with Crippen LogP contribution in [0.15, 0.2) is 24.3 Å². The van der Waals surface area contributed by atoms with E-state index in [0.29, 0.717) is 13.1 Å². The molecule has 1 fully saturated rings. The molecule has 1 aromatic carbocycles. The average Bonchev–Trinajstić information content (AvgIpc) is 2.55. The number of ether oxygens (including phenoxy) is 1. The van der Waals surface area contributed by atoms with Crippen molar-refractivity contribution < 1.29 is 14.6 Å². The summed E-state index contributed by atoms with van der Waals surface area (Å²) in [6, 6.07) is 7.83. The van der Waals surface area contributed by atoms with Crippen LogP contribution in [-0.2, 0) is 6.42 Å². The molecule has 5 nitrogen and oxygen atoms in total. The highest BCUT2D eigenvalue weighted by Crippen LogP contribution is 2.16. The number of methoxy groups -OCH3 is 1. The van der Waals surface area contributed by atoms with Crippen molar-refractivity contribution in [3.8, 4) is 5.75 Å². The number of nitrogens with one attached hydrogen (secondary N) is 1. The van der Waals surface area contributed by atoms with E-state index < -0.39 is 0 Å². The summed E-state index contributed by atoms with van der Waals surface area (Å²) in [5, 5.41) is 12.1. The summed E-state index contributed by atoms with van der Waals surface area (Å²) < 4.78 is 5.18. The minimum Gasteiger partial charge on any atom is -0.497 e. The van der Waals surface area contributed by atoms with Crippen molar-refractivity contribution in [1.29, 1.82) is 0 Å². The predicted molar refractivity (Wildman–Crippen MR) is 81.5 cm³/mol. The number of hydrogen-bond donors (Lipinski definition) is 2. The minimum absolute atomic E-state index is 0.0314. The number of carbonyl (C=O) groups excluding carboxylic acids is 1. The van der Waals surface area contributed by atoms with Crippen LogP contribution < -0.4 is 10.1 Å². The van der Waals surface area contributed by atoms with Gasteiger partial charge in [-0.25, -0.2) is 4.79 Å². The Bertz CT molecular complexity index is 465. The first kappa shape index (κ1) is 15.6. The van der Waals surface area contributed by atoms with Crippen LogP contribution in [-0.4, -0.2) is 49.4 Å². The number of piperidine rings is 1. The maximum absolute atomic E-state index is 12.1. The molecule has 0 aliphatic carbocycles. The molecule has 1 aromatic rings. The van der Waals surface area contributed by atoms with Crippen molar-refractivity contribution in [2.45, 2.75) is 19.3 Å². The fraction of sp³-hybridized carbons (Fsp3) is 0.562. The zero-order valence-corrected chi connectivity index (χ0v) is 12.5. The summed E-state index contributed by atoms with van der Waals surface area (Å²) in [5.74, 6) is 1.06. The highest BCUT2D eigenvalue weighted by Gasteiger charge is 2.22. The molecule has 0 radical (unpaired) electrons. The second-order valence-corrected chi connectivity index (χ2v) is 5.47. The van der Waals surface area contributed by atoms with Crippen LogP contribution in [0.25, 0.3) is 0 Å². The molecule has 1 unspecified atom stereocenters. The monoisotopic (exact) mass is 292 g/mol. The van der Waals surface area contributed by atoms with Gasteiger partial charge in [0.05, 0.1) is 7.11 Å². The van der Waals surface area contributed by atoms with E-state index in [-0.39, 0.29) is 18.6 Å². The van der Waals surface area contributed by atoms with Crippen LogP contribution in [0.4, 0.5) is 4.79 Å². The van der Waals surface area contributed by atoms with Gasteiger partial charge in [0, 0.05) is 26.2 Å². The van der Waals surface area contributed by atoms with Gasteiger partial charge >= 0.3 is 6.03 Å². The SMILES string of the molecule is COc1cccc(CCNC(=O)N2CCCC(CO)C2)c1. The van der Waals surface area contributed by atoms with E-state index in [4.69, 9.17) is 4.74 Å². The number of carbonyl (C=O) groups is 1. The van der Waals surface area contributed by atoms with Gasteiger partial charge in [0.1, 0.15) is 5.75 Å². The smallest absolute Gasteiger partial charge is 0.317 e. The molecule has 0 saturated carbocycles. The first-order valence-electron chi connectivity index (χ1n) is 7.49. The normalized spacial score (nSPS) is 18.4. The fourth-order valence-corrected chi connectivity index (χ4v) is 2.65. The first-order chi connectivity index (χ1) is 10.2. The van der Waals surface area contributed by atoms with E-state index in [1.54, 1.807) is 12.0 Å². The molecular weight excluding hydrogens is 268 g/mol. The predicted octanol–water partition coefficient (Wildman–Crippen LogP) is 1.65. The molecule has 0 bridgehead atoms. The quantitative estimate of drug-likeness (QED) is 0.867. The van der Waals surface area contributed by atoms with Gasteiger partial charge in [-0.3, -0.25) is 0 Å². The van der Waals surface area contributed by atoms with Gasteiger partial charge in [-0.1, -0.05) is 12.1 Å². The summed E-state index contributed by atoms with van der Waals surface area (Å²) in [4.78, 5) is 13.9. The number of aliphatic hydroxyl groups is 1. The Morgan fingerprint density at radius 2 is 2.38 bits per heavy atom. The molecule has 1 saturated heterocycles. The van der Waals surface area contributed by atoms with Crippen LogP contribution in [0.5, 0.6) is 5.75 Å². The van der Waals surface area contributed by atoms with Crippen LogP contribution in [0.3, 0.4) is 0 Å². The van der Waals surface area contributed by atoms with Crippen molar-refractivity contribution in [3.05, 3.63) is 29.8 Å². The molecule has 2 amide bonds. The highest BCUT2D eigenvalue weighted by molar-refractivity contribution is 5.74. The third-order valence-electron chi connectivity index (χ3n) is 3.89. The Hall–Kier alpha value is -1.75. The lowest BCUT2D eigenvalue weighted by atomic mass is 9.99. The Morgan fingerprint density at radius 1 is 1.52 bits per heavy atom. The van der Waals surface area contributed by atoms with Gasteiger partial charge < -0.3 is 20.1 Å². The maximum atomic E-state index is 12.1. The molecular formula is C16H24N2O3. The highest BCUT2D eigenvalue weighted by atomic mass is 16.5. The third kappa shape index (κ3) is 4.63. The van der Waals surface area contributed by atoms with E-state index in [0.717, 1.165) is 37.1 Å². The molecule has 0 spiro atoms. The zero-order valence-electron chi connectivity index (χ0n) is 12.5. The number of hydrogen-bond acceptors (Lipinski definition) is 3. The van der Waals surface area contributed by atoms with Gasteiger partial charge in [0.15, 0.2) is 0 Å². The zero-order chi connectivity index (χ0) is 15.1. The topological polar surface area (TPSA) is 61.8 Å². The number of benzene rings is 1. The summed E-state index contributed by atoms with van der Waals surface area (Å²) in [6.45, 7) is 2.20. The Balaban J connectivity index is 1.76. The van der Waals surface area contributed by atoms with Gasteiger partial charge in [-0.05, 0) is 42.9 Å². The molecule has 1 aliphatic heterocycles. The second-order valence-electron chi connectivity index (χ2n) is 5.47. The fourth-order valence-electron chi connectivity index (χ4n) is 2.65. The van der Waals surface area contributed by atoms with Gasteiger partial charge in [0.2, 0.25) is 0 Å². The van der Waals surface area contributed by atoms with Crippen molar-refractivity contribution in [1.82, 2.24) is 10.2 Å². The van der Waals surface area contributed by atoms with Gasteiger partial charge in [-0.15, -0.1) is 0 Å². The number of urea groups is 1. The largest absolute Gasteiger partial charge is 0.497 e. The van der Waals surface area contributed by atoms with Gasteiger partial charge in [0.25, 0.3) is 0 Å². The Kier molecular flexibility index (Phi) is 5.87. The molecule has 5 heteroatoms. The second kappa shape index (κ2) is 7.88. The number of aliphatic hydroxyl groups excluding tert-OH is 1. The van der Waals surface area contributed by atoms with E-state index >= 15 is 0 Å². The molecule has 21 heavy (non-hydrogen) atoms. The van der Waals surface area contributed by atoms with Crippen LogP contribution in [0.1, 0.15) is 18.4 Å². The number of amides is 2. The maximum Gasteiger partial charge on any atom is 0.317 e. The summed E-state index contributed by atoms with van der Waals surface area (Å²) in [5.41, 5.74) is 1.14. The van der Waals surface area contributed by atoms with E-state index in [9.17, 15) is 9.90 Å². The van der Waals surface area contributed by atoms with E-state index in [1.165, 1.54) is 0 Å². The van der Waals surface area contributed by atoms with Crippen molar-refractivity contribution in [2.75, 3.05) is 33.4 Å². The number of likely N-dealkylation sites (tertiary alicyclic amines) is 1. The Labute approximate surface area is 125 Å². The van der Waals surface area contributed by atoms with Crippen molar-refractivity contribution >= 4 is 6.03 Å². The molecule has 1 heterocycles. The standard InChI is InChI=1S/C16H24N2O3/c1-21-15-6-2-4-13(10-15)7-8-17-16(20)18-9-3-5-14(11-18)12-19/h2,4,6,10,14,19H,3,5,7-9,11-12H2,1H3,(H,17,20). The molecule has 2 rings (SSSR count). The van der Waals surface area contributed by atoms with Crippen molar-refractivity contribution in [2.24, 2.45) is 5.92 Å². The molecule has 1 aliphatic rings. The summed E-state index contributed by atoms with van der Waals surface area (Å²) in [7, 11) is 1.65. The van der Waals surface area contributed by atoms with Gasteiger partial charge in [-0.2, -0.15) is 0 Å². The van der Waals surface area contributed by atoms with Crippen molar-refractivity contribution in [3.63, 3.8) is 0 Å². The first-order valence-corrected chi connectivity index (χ1v) is 7.49. The van der Waals surface area contributed by atoms with Crippen LogP contribution in [0.2, 0.25) is 0 Å². The van der Waals surface area contributed by atoms with E-state index in [2.05, 4.69) is 5.32 Å². The average molecular weight is 292 g/mol. The Morgan fingerprint density at radius 3 is 3.14 bits per heavy atom. The van der Waals surface area contributed by atoms with Crippen LogP contribution in [0, 0.1) is 5.92 Å². The van der Waals surface area contributed by atoms with E-state index in [1.807, 2.05) is 24.3 Å².